The normalized spacial score (nSPS) is 10.2. The van der Waals surface area contributed by atoms with Crippen LogP contribution in [0.4, 0.5) is 5.82 Å². The smallest absolute Gasteiger partial charge is 0.225 e. The summed E-state index contributed by atoms with van der Waals surface area (Å²) in [6.45, 7) is 1.78. The average molecular weight is 230 g/mol. The fourth-order valence-electron chi connectivity index (χ4n) is 1.53. The Hall–Kier alpha value is -2.10. The maximum Gasteiger partial charge on any atom is 0.225 e. The zero-order valence-corrected chi connectivity index (χ0v) is 9.64. The summed E-state index contributed by atoms with van der Waals surface area (Å²) >= 11 is 0. The van der Waals surface area contributed by atoms with E-state index in [9.17, 15) is 4.79 Å². The highest BCUT2D eigenvalue weighted by Gasteiger charge is 2.06. The van der Waals surface area contributed by atoms with Crippen molar-refractivity contribution in [2.24, 2.45) is 0 Å². The first-order valence-electron chi connectivity index (χ1n) is 5.51. The van der Waals surface area contributed by atoms with Gasteiger partial charge in [0.25, 0.3) is 0 Å². The van der Waals surface area contributed by atoms with Crippen LogP contribution in [0, 0.1) is 6.92 Å². The minimum atomic E-state index is -0.0536. The second-order valence-corrected chi connectivity index (χ2v) is 3.86. The van der Waals surface area contributed by atoms with Gasteiger partial charge in [-0.05, 0) is 18.9 Å². The predicted octanol–water partition coefficient (Wildman–Crippen LogP) is 2.55. The van der Waals surface area contributed by atoms with Crippen LogP contribution in [0.25, 0.3) is 0 Å². The molecule has 0 spiro atoms. The lowest BCUT2D eigenvalue weighted by Gasteiger charge is -2.01. The Morgan fingerprint density at radius 2 is 2.12 bits per heavy atom. The van der Waals surface area contributed by atoms with Crippen LogP contribution in [-0.4, -0.2) is 11.1 Å². The molecular weight excluding hydrogens is 216 g/mol. The van der Waals surface area contributed by atoms with Crippen LogP contribution in [0.2, 0.25) is 0 Å². The number of hydrogen-bond donors (Lipinski definition) is 1. The van der Waals surface area contributed by atoms with Crippen LogP contribution in [0.15, 0.2) is 40.9 Å². The number of aromatic nitrogens is 1. The van der Waals surface area contributed by atoms with Crippen LogP contribution in [0.5, 0.6) is 0 Å². The Morgan fingerprint density at radius 3 is 2.76 bits per heavy atom. The number of rotatable bonds is 4. The van der Waals surface area contributed by atoms with E-state index in [1.165, 1.54) is 0 Å². The van der Waals surface area contributed by atoms with Gasteiger partial charge in [0.05, 0.1) is 0 Å². The minimum absolute atomic E-state index is 0.0536. The molecule has 2 aromatic rings. The van der Waals surface area contributed by atoms with Gasteiger partial charge in [-0.15, -0.1) is 0 Å². The zero-order valence-electron chi connectivity index (χ0n) is 9.64. The zero-order chi connectivity index (χ0) is 12.1. The van der Waals surface area contributed by atoms with Crippen LogP contribution in [0.3, 0.4) is 0 Å². The van der Waals surface area contributed by atoms with Crippen molar-refractivity contribution in [1.29, 1.82) is 0 Å². The highest BCUT2D eigenvalue weighted by molar-refractivity contribution is 5.89. The number of benzene rings is 1. The van der Waals surface area contributed by atoms with Crippen LogP contribution in [-0.2, 0) is 11.2 Å². The molecule has 0 bridgehead atoms. The molecule has 1 amide bonds. The van der Waals surface area contributed by atoms with E-state index in [0.29, 0.717) is 18.0 Å². The number of hydrogen-bond acceptors (Lipinski definition) is 3. The number of amides is 1. The highest BCUT2D eigenvalue weighted by atomic mass is 16.5. The molecule has 0 aliphatic rings. The Labute approximate surface area is 99.6 Å². The van der Waals surface area contributed by atoms with Gasteiger partial charge in [0, 0.05) is 12.5 Å². The van der Waals surface area contributed by atoms with Crippen molar-refractivity contribution in [3.05, 3.63) is 47.7 Å². The monoisotopic (exact) mass is 230 g/mol. The summed E-state index contributed by atoms with van der Waals surface area (Å²) in [4.78, 5) is 11.6. The van der Waals surface area contributed by atoms with Crippen molar-refractivity contribution in [3.63, 3.8) is 0 Å². The van der Waals surface area contributed by atoms with Gasteiger partial charge in [-0.1, -0.05) is 35.5 Å². The summed E-state index contributed by atoms with van der Waals surface area (Å²) < 4.78 is 4.86. The van der Waals surface area contributed by atoms with Crippen molar-refractivity contribution >= 4 is 11.7 Å². The summed E-state index contributed by atoms with van der Waals surface area (Å²) in [6.07, 6.45) is 1.17. The topological polar surface area (TPSA) is 55.1 Å². The predicted molar refractivity (Wildman–Crippen MR) is 64.6 cm³/mol. The molecule has 4 heteroatoms. The van der Waals surface area contributed by atoms with E-state index in [1.54, 1.807) is 13.0 Å². The number of carbonyl (C=O) groups is 1. The average Bonchev–Trinajstić information content (AvgIpc) is 2.73. The number of aryl methyl sites for hydroxylation is 2. The lowest BCUT2D eigenvalue weighted by Crippen LogP contribution is -2.12. The van der Waals surface area contributed by atoms with Crippen molar-refractivity contribution in [3.8, 4) is 0 Å². The van der Waals surface area contributed by atoms with E-state index in [2.05, 4.69) is 10.5 Å². The molecular formula is C13H14N2O2. The lowest BCUT2D eigenvalue weighted by molar-refractivity contribution is -0.116. The van der Waals surface area contributed by atoms with Gasteiger partial charge in [-0.2, -0.15) is 0 Å². The Bertz CT molecular complexity index is 491. The third-order valence-corrected chi connectivity index (χ3v) is 2.38. The Morgan fingerprint density at radius 1 is 1.35 bits per heavy atom. The fourth-order valence-corrected chi connectivity index (χ4v) is 1.53. The van der Waals surface area contributed by atoms with E-state index in [4.69, 9.17) is 4.52 Å². The molecule has 0 aliphatic carbocycles. The molecule has 1 heterocycles. The molecule has 88 valence electrons. The molecule has 1 aromatic heterocycles. The molecule has 0 saturated heterocycles. The molecule has 0 fully saturated rings. The van der Waals surface area contributed by atoms with Crippen LogP contribution < -0.4 is 5.32 Å². The van der Waals surface area contributed by atoms with E-state index in [0.717, 1.165) is 12.0 Å². The van der Waals surface area contributed by atoms with E-state index in [1.807, 2.05) is 30.3 Å². The molecule has 0 atom stereocenters. The third-order valence-electron chi connectivity index (χ3n) is 2.38. The molecule has 0 unspecified atom stereocenters. The van der Waals surface area contributed by atoms with Gasteiger partial charge in [-0.3, -0.25) is 4.79 Å². The standard InChI is InChI=1S/C13H14N2O2/c1-10-9-12(15-17-10)14-13(16)8-7-11-5-3-2-4-6-11/h2-6,9H,7-8H2,1H3,(H,14,15,16). The molecule has 17 heavy (non-hydrogen) atoms. The van der Waals surface area contributed by atoms with Crippen molar-refractivity contribution in [2.45, 2.75) is 19.8 Å². The van der Waals surface area contributed by atoms with Crippen LogP contribution >= 0.6 is 0 Å². The highest BCUT2D eigenvalue weighted by Crippen LogP contribution is 2.08. The van der Waals surface area contributed by atoms with Gasteiger partial charge in [0.15, 0.2) is 5.82 Å². The summed E-state index contributed by atoms with van der Waals surface area (Å²) in [6, 6.07) is 11.6. The molecule has 1 N–H and O–H groups in total. The first-order chi connectivity index (χ1) is 8.24. The second kappa shape index (κ2) is 5.30. The van der Waals surface area contributed by atoms with Crippen molar-refractivity contribution in [1.82, 2.24) is 5.16 Å². The number of carbonyl (C=O) groups excluding carboxylic acids is 1. The Balaban J connectivity index is 1.82. The summed E-state index contributed by atoms with van der Waals surface area (Å²) in [5.74, 6) is 1.10. The van der Waals surface area contributed by atoms with Crippen molar-refractivity contribution < 1.29 is 9.32 Å². The van der Waals surface area contributed by atoms with Gasteiger partial charge >= 0.3 is 0 Å². The number of anilines is 1. The molecule has 0 saturated carbocycles. The molecule has 4 nitrogen and oxygen atoms in total. The fraction of sp³-hybridized carbons (Fsp3) is 0.231. The molecule has 2 rings (SSSR count). The van der Waals surface area contributed by atoms with Gasteiger partial charge < -0.3 is 9.84 Å². The number of nitrogens with one attached hydrogen (secondary N) is 1. The van der Waals surface area contributed by atoms with E-state index in [-0.39, 0.29) is 5.91 Å². The largest absolute Gasteiger partial charge is 0.360 e. The van der Waals surface area contributed by atoms with E-state index >= 15 is 0 Å². The number of nitrogens with zero attached hydrogens (tertiary/aromatic N) is 1. The van der Waals surface area contributed by atoms with E-state index < -0.39 is 0 Å². The SMILES string of the molecule is Cc1cc(NC(=O)CCc2ccccc2)no1. The summed E-state index contributed by atoms with van der Waals surface area (Å²) in [7, 11) is 0. The lowest BCUT2D eigenvalue weighted by atomic mass is 10.1. The first kappa shape index (κ1) is 11.4. The Kier molecular flexibility index (Phi) is 3.55. The summed E-state index contributed by atoms with van der Waals surface area (Å²) in [5.41, 5.74) is 1.15. The van der Waals surface area contributed by atoms with Crippen LogP contribution in [0.1, 0.15) is 17.7 Å². The molecule has 0 aliphatic heterocycles. The second-order valence-electron chi connectivity index (χ2n) is 3.86. The maximum atomic E-state index is 11.6. The molecule has 0 radical (unpaired) electrons. The van der Waals surface area contributed by atoms with Gasteiger partial charge in [0.2, 0.25) is 5.91 Å². The third kappa shape index (κ3) is 3.45. The maximum absolute atomic E-state index is 11.6. The minimum Gasteiger partial charge on any atom is -0.360 e. The van der Waals surface area contributed by atoms with Gasteiger partial charge in [-0.25, -0.2) is 0 Å². The summed E-state index contributed by atoms with van der Waals surface area (Å²) in [5, 5.41) is 6.39. The van der Waals surface area contributed by atoms with Gasteiger partial charge in [0.1, 0.15) is 5.76 Å². The molecule has 1 aromatic carbocycles. The quantitative estimate of drug-likeness (QED) is 0.878. The first-order valence-corrected chi connectivity index (χ1v) is 5.51. The van der Waals surface area contributed by atoms with Crippen molar-refractivity contribution in [2.75, 3.05) is 5.32 Å².